The number of para-hydroxylation sites is 2. The number of fused-ring (bicyclic) bond motifs is 2. The summed E-state index contributed by atoms with van der Waals surface area (Å²) in [4.78, 5) is 24.8. The summed E-state index contributed by atoms with van der Waals surface area (Å²) in [6, 6.07) is 11.8. The van der Waals surface area contributed by atoms with Crippen molar-refractivity contribution < 1.29 is 15.0 Å². The number of aromatic nitrogens is 1. The van der Waals surface area contributed by atoms with Gasteiger partial charge in [0.25, 0.3) is 11.9 Å². The molecule has 128 valence electrons. The van der Waals surface area contributed by atoms with Crippen molar-refractivity contribution in [3.05, 3.63) is 71.4 Å². The summed E-state index contributed by atoms with van der Waals surface area (Å²) < 4.78 is 1.30. The lowest BCUT2D eigenvalue weighted by Crippen LogP contribution is -2.19. The molecular formula is C19H14N4O3. The van der Waals surface area contributed by atoms with Crippen LogP contribution in [0.5, 0.6) is 11.8 Å². The number of benzene rings is 2. The normalized spacial score (nSPS) is 12.4. The number of carbonyl (C=O) groups excluding carboxylic acids is 1. The lowest BCUT2D eigenvalue weighted by atomic mass is 10.1. The molecule has 0 aliphatic carbocycles. The largest absolute Gasteiger partial charge is 0.494 e. The van der Waals surface area contributed by atoms with Gasteiger partial charge in [0.15, 0.2) is 0 Å². The Labute approximate surface area is 147 Å². The van der Waals surface area contributed by atoms with Crippen LogP contribution >= 0.6 is 0 Å². The van der Waals surface area contributed by atoms with E-state index in [2.05, 4.69) is 21.6 Å². The molecule has 2 aromatic carbocycles. The number of carbonyl (C=O) groups is 1. The molecule has 1 aromatic heterocycles. The summed E-state index contributed by atoms with van der Waals surface area (Å²) in [7, 11) is 0. The second-order valence-corrected chi connectivity index (χ2v) is 5.74. The Morgan fingerprint density at radius 1 is 1.08 bits per heavy atom. The fraction of sp³-hybridized carbons (Fsp3) is 0.0526. The van der Waals surface area contributed by atoms with E-state index < -0.39 is 5.91 Å². The van der Waals surface area contributed by atoms with E-state index in [1.54, 1.807) is 24.3 Å². The zero-order valence-electron chi connectivity index (χ0n) is 13.6. The third-order valence-corrected chi connectivity index (χ3v) is 4.10. The Bertz CT molecular complexity index is 1180. The summed E-state index contributed by atoms with van der Waals surface area (Å²) in [5.74, 6) is -0.661. The smallest absolute Gasteiger partial charge is 0.280 e. The molecule has 0 spiro atoms. The Kier molecular flexibility index (Phi) is 3.62. The van der Waals surface area contributed by atoms with Gasteiger partial charge in [0, 0.05) is 22.9 Å². The Hall–Kier alpha value is -3.74. The lowest BCUT2D eigenvalue weighted by molar-refractivity contribution is 0.100. The van der Waals surface area contributed by atoms with Gasteiger partial charge in [-0.3, -0.25) is 9.36 Å². The molecule has 0 unspecified atom stereocenters. The van der Waals surface area contributed by atoms with Crippen LogP contribution in [-0.2, 0) is 6.54 Å². The highest BCUT2D eigenvalue weighted by Crippen LogP contribution is 2.36. The van der Waals surface area contributed by atoms with Gasteiger partial charge < -0.3 is 10.2 Å². The molecule has 0 fully saturated rings. The van der Waals surface area contributed by atoms with E-state index in [-0.39, 0.29) is 29.8 Å². The zero-order chi connectivity index (χ0) is 18.3. The molecule has 2 N–H and O–H groups in total. The fourth-order valence-corrected chi connectivity index (χ4v) is 2.85. The number of aromatic hydroxyl groups is 2. The molecule has 2 heterocycles. The Morgan fingerprint density at radius 2 is 1.73 bits per heavy atom. The van der Waals surface area contributed by atoms with Crippen LogP contribution in [0.15, 0.2) is 70.1 Å². The van der Waals surface area contributed by atoms with E-state index in [4.69, 9.17) is 0 Å². The second-order valence-electron chi connectivity index (χ2n) is 5.74. The average molecular weight is 346 g/mol. The second kappa shape index (κ2) is 5.96. The molecule has 0 atom stereocenters. The molecule has 26 heavy (non-hydrogen) atoms. The van der Waals surface area contributed by atoms with E-state index in [9.17, 15) is 15.0 Å². The maximum absolute atomic E-state index is 12.4. The van der Waals surface area contributed by atoms with Crippen LogP contribution in [0.3, 0.4) is 0 Å². The van der Waals surface area contributed by atoms with Crippen LogP contribution in [-0.4, -0.2) is 26.6 Å². The van der Waals surface area contributed by atoms with Gasteiger partial charge in [0.1, 0.15) is 0 Å². The minimum absolute atomic E-state index is 0.0843. The van der Waals surface area contributed by atoms with Gasteiger partial charge in [-0.2, -0.15) is 4.99 Å². The van der Waals surface area contributed by atoms with Crippen LogP contribution < -0.4 is 10.7 Å². The van der Waals surface area contributed by atoms with E-state index in [0.29, 0.717) is 21.5 Å². The van der Waals surface area contributed by atoms with Gasteiger partial charge in [-0.05, 0) is 30.3 Å². The van der Waals surface area contributed by atoms with Gasteiger partial charge in [-0.15, -0.1) is 6.58 Å². The lowest BCUT2D eigenvalue weighted by Gasteiger charge is -2.01. The van der Waals surface area contributed by atoms with Gasteiger partial charge in [0.05, 0.1) is 10.7 Å². The third-order valence-electron chi connectivity index (χ3n) is 4.10. The Morgan fingerprint density at radius 3 is 2.38 bits per heavy atom. The first-order valence-electron chi connectivity index (χ1n) is 7.89. The molecule has 7 nitrogen and oxygen atoms in total. The predicted molar refractivity (Wildman–Crippen MR) is 96.0 cm³/mol. The fourth-order valence-electron chi connectivity index (χ4n) is 2.85. The molecule has 0 saturated heterocycles. The van der Waals surface area contributed by atoms with Gasteiger partial charge >= 0.3 is 0 Å². The average Bonchev–Trinajstić information content (AvgIpc) is 3.15. The molecule has 1 amide bonds. The van der Waals surface area contributed by atoms with Crippen LogP contribution in [0.1, 0.15) is 10.4 Å². The molecule has 3 aromatic rings. The maximum Gasteiger partial charge on any atom is 0.280 e. The first-order chi connectivity index (χ1) is 12.6. The quantitative estimate of drug-likeness (QED) is 0.706. The molecule has 0 saturated carbocycles. The third kappa shape index (κ3) is 2.46. The number of hydrogen-bond acceptors (Lipinski definition) is 3. The number of aliphatic imine (C=N–C) groups is 1. The summed E-state index contributed by atoms with van der Waals surface area (Å²) in [6.07, 6.45) is 1.55. The van der Waals surface area contributed by atoms with Crippen molar-refractivity contribution in [1.29, 1.82) is 0 Å². The molecular weight excluding hydrogens is 332 g/mol. The van der Waals surface area contributed by atoms with E-state index in [1.165, 1.54) is 16.7 Å². The number of rotatable bonds is 3. The van der Waals surface area contributed by atoms with Crippen molar-refractivity contribution in [2.75, 3.05) is 0 Å². The molecule has 7 heteroatoms. The Balaban J connectivity index is 1.74. The van der Waals surface area contributed by atoms with Crippen molar-refractivity contribution in [2.24, 2.45) is 15.0 Å². The first-order valence-corrected chi connectivity index (χ1v) is 7.89. The van der Waals surface area contributed by atoms with E-state index in [1.807, 2.05) is 12.1 Å². The van der Waals surface area contributed by atoms with Crippen molar-refractivity contribution in [3.63, 3.8) is 0 Å². The van der Waals surface area contributed by atoms with Crippen molar-refractivity contribution in [1.82, 2.24) is 4.57 Å². The first kappa shape index (κ1) is 15.8. The molecule has 1 aliphatic heterocycles. The number of hydrogen-bond donors (Lipinski definition) is 2. The standard InChI is InChI=1S/C19H14N4O3/c1-2-9-23-17(25)12-8-7-11(10-13(12)18(23)26)16(24)22-19-20-14-5-3-4-6-15(14)21-19/h2-8,10,25-26H,1,9H2. The minimum Gasteiger partial charge on any atom is -0.494 e. The molecule has 1 aliphatic rings. The van der Waals surface area contributed by atoms with E-state index >= 15 is 0 Å². The van der Waals surface area contributed by atoms with Gasteiger partial charge in [-0.1, -0.05) is 18.2 Å². The summed E-state index contributed by atoms with van der Waals surface area (Å²) in [5.41, 5.74) is 0.261. The number of nitrogens with zero attached hydrogens (tertiary/aromatic N) is 4. The topological polar surface area (TPSA) is 99.5 Å². The zero-order valence-corrected chi connectivity index (χ0v) is 13.6. The minimum atomic E-state index is -0.530. The number of amides is 1. The van der Waals surface area contributed by atoms with Crippen LogP contribution in [0, 0.1) is 0 Å². The highest BCUT2D eigenvalue weighted by Gasteiger charge is 2.17. The molecule has 0 bridgehead atoms. The summed E-state index contributed by atoms with van der Waals surface area (Å²) in [6.45, 7) is 3.84. The number of allylic oxidation sites excluding steroid dienone is 1. The van der Waals surface area contributed by atoms with Crippen molar-refractivity contribution >= 4 is 22.6 Å². The van der Waals surface area contributed by atoms with Crippen LogP contribution in [0.2, 0.25) is 0 Å². The maximum atomic E-state index is 12.4. The van der Waals surface area contributed by atoms with E-state index in [0.717, 1.165) is 0 Å². The van der Waals surface area contributed by atoms with Crippen LogP contribution in [0.25, 0.3) is 10.8 Å². The van der Waals surface area contributed by atoms with Crippen molar-refractivity contribution in [3.8, 4) is 11.8 Å². The SMILES string of the molecule is C=CCn1c(O)c2ccc(C(=O)N=C3N=c4ccccc4=N3)cc2c1O. The monoisotopic (exact) mass is 346 g/mol. The molecule has 4 rings (SSSR count). The van der Waals surface area contributed by atoms with Gasteiger partial charge in [0.2, 0.25) is 11.8 Å². The number of guanidine groups is 1. The van der Waals surface area contributed by atoms with Gasteiger partial charge in [-0.25, -0.2) is 9.98 Å². The van der Waals surface area contributed by atoms with Crippen molar-refractivity contribution in [2.45, 2.75) is 6.54 Å². The molecule has 0 radical (unpaired) electrons. The predicted octanol–water partition coefficient (Wildman–Crippen LogP) is 1.69. The highest BCUT2D eigenvalue weighted by atomic mass is 16.3. The van der Waals surface area contributed by atoms with Crippen LogP contribution in [0.4, 0.5) is 0 Å². The summed E-state index contributed by atoms with van der Waals surface area (Å²) >= 11 is 0. The highest BCUT2D eigenvalue weighted by molar-refractivity contribution is 6.06. The summed E-state index contributed by atoms with van der Waals surface area (Å²) in [5, 5.41) is 22.6.